The van der Waals surface area contributed by atoms with Gasteiger partial charge in [-0.05, 0) is 31.9 Å². The number of nitrogens with zero attached hydrogens (tertiary/aromatic N) is 2. The van der Waals surface area contributed by atoms with E-state index >= 15 is 0 Å². The van der Waals surface area contributed by atoms with E-state index in [9.17, 15) is 0 Å². The molecule has 1 rings (SSSR count). The fraction of sp³-hybridized carbons (Fsp3) is 0.600. The van der Waals surface area contributed by atoms with Crippen LogP contribution < -0.4 is 5.32 Å². The highest BCUT2D eigenvalue weighted by Gasteiger charge is 2.21. The molecule has 0 aromatic carbocycles. The summed E-state index contributed by atoms with van der Waals surface area (Å²) in [5.41, 5.74) is 0.0117. The molecule has 0 aliphatic carbocycles. The van der Waals surface area contributed by atoms with Crippen LogP contribution in [0.3, 0.4) is 0 Å². The van der Waals surface area contributed by atoms with E-state index in [1.54, 1.807) is 6.20 Å². The third-order valence-electron chi connectivity index (χ3n) is 2.43. The van der Waals surface area contributed by atoms with Crippen LogP contribution in [0.5, 0.6) is 0 Å². The third-order valence-corrected chi connectivity index (χ3v) is 2.62. The van der Waals surface area contributed by atoms with Gasteiger partial charge in [0, 0.05) is 17.6 Å². The fourth-order valence-corrected chi connectivity index (χ4v) is 1.63. The van der Waals surface area contributed by atoms with Gasteiger partial charge >= 0.3 is 0 Å². The average Bonchev–Trinajstić information content (AvgIpc) is 2.20. The van der Waals surface area contributed by atoms with Crippen molar-refractivity contribution in [3.8, 4) is 0 Å². The minimum Gasteiger partial charge on any atom is -0.363 e. The first-order valence-electron chi connectivity index (χ1n) is 4.82. The molecule has 4 heteroatoms. The molecule has 1 atom stereocenters. The molecule has 0 amide bonds. The molecule has 0 radical (unpaired) electrons. The van der Waals surface area contributed by atoms with Gasteiger partial charge < -0.3 is 5.32 Å². The van der Waals surface area contributed by atoms with Crippen LogP contribution in [0.15, 0.2) is 18.3 Å². The molecule has 78 valence electrons. The molecule has 1 N–H and O–H groups in total. The number of anilines is 1. The van der Waals surface area contributed by atoms with Gasteiger partial charge in [0.1, 0.15) is 5.82 Å². The molecule has 0 saturated carbocycles. The van der Waals surface area contributed by atoms with E-state index in [-0.39, 0.29) is 5.54 Å². The lowest BCUT2D eigenvalue weighted by Gasteiger charge is -2.29. The van der Waals surface area contributed by atoms with Gasteiger partial charge in [0.05, 0.1) is 0 Å². The standard InChI is InChI=1S/C10H16ClN3/c1-3-10(2,6-7-11)13-9-5-4-8-12-14-9/h4-5,8H,3,6-7H2,1-2H3,(H,13,14). The molecule has 0 fully saturated rings. The molecule has 0 saturated heterocycles. The molecule has 14 heavy (non-hydrogen) atoms. The van der Waals surface area contributed by atoms with Gasteiger partial charge in [0.2, 0.25) is 0 Å². The Hall–Kier alpha value is -0.830. The maximum Gasteiger partial charge on any atom is 0.149 e. The first kappa shape index (κ1) is 11.2. The zero-order valence-electron chi connectivity index (χ0n) is 8.63. The Morgan fingerprint density at radius 1 is 1.57 bits per heavy atom. The number of nitrogens with one attached hydrogen (secondary N) is 1. The maximum absolute atomic E-state index is 5.75. The minimum absolute atomic E-state index is 0.0117. The van der Waals surface area contributed by atoms with E-state index in [1.165, 1.54) is 0 Å². The van der Waals surface area contributed by atoms with Gasteiger partial charge in [0.25, 0.3) is 0 Å². The summed E-state index contributed by atoms with van der Waals surface area (Å²) >= 11 is 5.75. The van der Waals surface area contributed by atoms with Crippen molar-refractivity contribution in [2.75, 3.05) is 11.2 Å². The van der Waals surface area contributed by atoms with Crippen LogP contribution in [0, 0.1) is 0 Å². The van der Waals surface area contributed by atoms with Crippen LogP contribution in [0.2, 0.25) is 0 Å². The summed E-state index contributed by atoms with van der Waals surface area (Å²) in [6.07, 6.45) is 3.59. The number of halogens is 1. The predicted molar refractivity (Wildman–Crippen MR) is 59.7 cm³/mol. The highest BCUT2D eigenvalue weighted by atomic mass is 35.5. The average molecular weight is 214 g/mol. The van der Waals surface area contributed by atoms with Crippen molar-refractivity contribution in [3.63, 3.8) is 0 Å². The first-order chi connectivity index (χ1) is 6.70. The van der Waals surface area contributed by atoms with Crippen LogP contribution >= 0.6 is 11.6 Å². The third kappa shape index (κ3) is 3.14. The predicted octanol–water partition coefficient (Wildman–Crippen LogP) is 2.69. The second-order valence-electron chi connectivity index (χ2n) is 3.59. The smallest absolute Gasteiger partial charge is 0.149 e. The zero-order chi connectivity index (χ0) is 10.4. The van der Waals surface area contributed by atoms with Crippen molar-refractivity contribution < 1.29 is 0 Å². The molecular weight excluding hydrogens is 198 g/mol. The van der Waals surface area contributed by atoms with Gasteiger partial charge in [0.15, 0.2) is 0 Å². The van der Waals surface area contributed by atoms with Crippen molar-refractivity contribution in [3.05, 3.63) is 18.3 Å². The second-order valence-corrected chi connectivity index (χ2v) is 3.97. The van der Waals surface area contributed by atoms with Crippen LogP contribution in [-0.4, -0.2) is 21.6 Å². The summed E-state index contributed by atoms with van der Waals surface area (Å²) < 4.78 is 0. The van der Waals surface area contributed by atoms with Gasteiger partial charge in [-0.15, -0.1) is 16.7 Å². The zero-order valence-corrected chi connectivity index (χ0v) is 9.38. The number of aromatic nitrogens is 2. The summed E-state index contributed by atoms with van der Waals surface area (Å²) in [6.45, 7) is 4.28. The molecule has 3 nitrogen and oxygen atoms in total. The quantitative estimate of drug-likeness (QED) is 0.765. The van der Waals surface area contributed by atoms with E-state index in [0.717, 1.165) is 18.7 Å². The highest BCUT2D eigenvalue weighted by Crippen LogP contribution is 2.20. The lowest BCUT2D eigenvalue weighted by Crippen LogP contribution is -2.34. The number of hydrogen-bond acceptors (Lipinski definition) is 3. The monoisotopic (exact) mass is 213 g/mol. The van der Waals surface area contributed by atoms with E-state index in [1.807, 2.05) is 12.1 Å². The van der Waals surface area contributed by atoms with E-state index in [2.05, 4.69) is 29.4 Å². The molecule has 1 unspecified atom stereocenters. The Labute approximate surface area is 89.9 Å². The van der Waals surface area contributed by atoms with Crippen molar-refractivity contribution in [2.24, 2.45) is 0 Å². The molecule has 1 aromatic rings. The summed E-state index contributed by atoms with van der Waals surface area (Å²) in [5.74, 6) is 1.46. The van der Waals surface area contributed by atoms with E-state index in [0.29, 0.717) is 5.88 Å². The number of rotatable bonds is 5. The summed E-state index contributed by atoms with van der Waals surface area (Å²) in [7, 11) is 0. The van der Waals surface area contributed by atoms with Crippen LogP contribution in [-0.2, 0) is 0 Å². The maximum atomic E-state index is 5.75. The van der Waals surface area contributed by atoms with Crippen molar-refractivity contribution in [1.29, 1.82) is 0 Å². The molecule has 0 bridgehead atoms. The highest BCUT2D eigenvalue weighted by molar-refractivity contribution is 6.17. The largest absolute Gasteiger partial charge is 0.363 e. The van der Waals surface area contributed by atoms with Crippen LogP contribution in [0.25, 0.3) is 0 Å². The van der Waals surface area contributed by atoms with Gasteiger partial charge in [-0.2, -0.15) is 5.10 Å². The number of alkyl halides is 1. The van der Waals surface area contributed by atoms with Crippen molar-refractivity contribution in [2.45, 2.75) is 32.2 Å². The Bertz CT molecular complexity index is 265. The molecule has 1 aromatic heterocycles. The summed E-state index contributed by atoms with van der Waals surface area (Å²) in [5, 5.41) is 11.2. The summed E-state index contributed by atoms with van der Waals surface area (Å²) in [4.78, 5) is 0. The topological polar surface area (TPSA) is 37.8 Å². The van der Waals surface area contributed by atoms with Gasteiger partial charge in [-0.1, -0.05) is 6.92 Å². The minimum atomic E-state index is 0.0117. The lowest BCUT2D eigenvalue weighted by atomic mass is 9.95. The van der Waals surface area contributed by atoms with Crippen molar-refractivity contribution in [1.82, 2.24) is 10.2 Å². The molecule has 0 spiro atoms. The van der Waals surface area contributed by atoms with Crippen LogP contribution in [0.4, 0.5) is 5.82 Å². The van der Waals surface area contributed by atoms with Crippen LogP contribution in [0.1, 0.15) is 26.7 Å². The Kier molecular flexibility index (Phi) is 4.14. The summed E-state index contributed by atoms with van der Waals surface area (Å²) in [6, 6.07) is 3.78. The van der Waals surface area contributed by atoms with Gasteiger partial charge in [-0.3, -0.25) is 0 Å². The molecule has 0 aliphatic rings. The SMILES string of the molecule is CCC(C)(CCCl)Nc1cccnn1. The molecular formula is C10H16ClN3. The molecule has 0 aliphatic heterocycles. The first-order valence-corrected chi connectivity index (χ1v) is 5.35. The van der Waals surface area contributed by atoms with E-state index < -0.39 is 0 Å². The second kappa shape index (κ2) is 5.15. The van der Waals surface area contributed by atoms with Gasteiger partial charge in [-0.25, -0.2) is 0 Å². The normalized spacial score (nSPS) is 14.8. The number of hydrogen-bond donors (Lipinski definition) is 1. The molecule has 1 heterocycles. The van der Waals surface area contributed by atoms with E-state index in [4.69, 9.17) is 11.6 Å². The fourth-order valence-electron chi connectivity index (χ4n) is 1.21. The Morgan fingerprint density at radius 2 is 2.36 bits per heavy atom. The lowest BCUT2D eigenvalue weighted by molar-refractivity contribution is 0.478. The Balaban J connectivity index is 2.65. The Morgan fingerprint density at radius 3 is 2.86 bits per heavy atom. The van der Waals surface area contributed by atoms with Crippen molar-refractivity contribution >= 4 is 17.4 Å².